The van der Waals surface area contributed by atoms with E-state index in [2.05, 4.69) is 5.32 Å². The molecule has 0 aliphatic heterocycles. The molecular formula is C19H23FN2O3. The number of aliphatic hydroxyl groups is 1. The largest absolute Gasteiger partial charge is 0.491 e. The van der Waals surface area contributed by atoms with Crippen LogP contribution in [0.3, 0.4) is 0 Å². The minimum absolute atomic E-state index is 0.00653. The number of rotatable bonds is 8. The topological polar surface area (TPSA) is 61.8 Å². The molecule has 2 aromatic rings. The van der Waals surface area contributed by atoms with Crippen LogP contribution >= 0.6 is 0 Å². The first-order valence-electron chi connectivity index (χ1n) is 8.02. The Balaban J connectivity index is 1.79. The van der Waals surface area contributed by atoms with Gasteiger partial charge >= 0.3 is 0 Å². The molecule has 5 nitrogen and oxygen atoms in total. The van der Waals surface area contributed by atoms with E-state index in [0.717, 1.165) is 12.1 Å². The van der Waals surface area contributed by atoms with Crippen molar-refractivity contribution in [1.29, 1.82) is 0 Å². The number of ether oxygens (including phenoxy) is 1. The van der Waals surface area contributed by atoms with Crippen molar-refractivity contribution in [1.82, 2.24) is 10.2 Å². The number of halogens is 1. The Morgan fingerprint density at radius 1 is 1.24 bits per heavy atom. The van der Waals surface area contributed by atoms with Crippen LogP contribution in [-0.4, -0.2) is 49.3 Å². The van der Waals surface area contributed by atoms with Gasteiger partial charge in [0.2, 0.25) is 0 Å². The first-order chi connectivity index (χ1) is 11.9. The summed E-state index contributed by atoms with van der Waals surface area (Å²) in [6, 6.07) is 12.9. The lowest BCUT2D eigenvalue weighted by Crippen LogP contribution is -2.35. The Labute approximate surface area is 147 Å². The molecule has 0 aliphatic carbocycles. The Kier molecular flexibility index (Phi) is 6.91. The fraction of sp³-hybridized carbons (Fsp3) is 0.316. The normalized spacial score (nSPS) is 12.0. The molecule has 0 aliphatic rings. The molecule has 2 N–H and O–H groups in total. The molecular weight excluding hydrogens is 323 g/mol. The molecule has 6 heteroatoms. The molecule has 25 heavy (non-hydrogen) atoms. The molecule has 0 bridgehead atoms. The number of amides is 1. The van der Waals surface area contributed by atoms with Crippen LogP contribution in [0.5, 0.6) is 5.75 Å². The summed E-state index contributed by atoms with van der Waals surface area (Å²) in [7, 11) is 3.93. The number of hydrogen-bond acceptors (Lipinski definition) is 4. The average molecular weight is 346 g/mol. The molecule has 134 valence electrons. The molecule has 0 saturated carbocycles. The maximum Gasteiger partial charge on any atom is 0.251 e. The van der Waals surface area contributed by atoms with Gasteiger partial charge in [0.25, 0.3) is 5.91 Å². The summed E-state index contributed by atoms with van der Waals surface area (Å²) in [4.78, 5) is 14.2. The molecule has 0 spiro atoms. The Bertz CT molecular complexity index is 689. The van der Waals surface area contributed by atoms with Gasteiger partial charge in [0.05, 0.1) is 0 Å². The van der Waals surface area contributed by atoms with E-state index in [9.17, 15) is 14.3 Å². The summed E-state index contributed by atoms with van der Waals surface area (Å²) in [6.07, 6.45) is -0.862. The van der Waals surface area contributed by atoms with Crippen molar-refractivity contribution in [3.8, 4) is 5.75 Å². The predicted octanol–water partition coefficient (Wildman–Crippen LogP) is 2.06. The standard InChI is InChI=1S/C19H23FN2O3/c1-22(2)12-14-4-3-5-15(10-14)19(24)21-11-17(23)13-25-18-8-6-16(20)7-9-18/h3-10,17,23H,11-13H2,1-2H3,(H,21,24). The molecule has 2 rings (SSSR count). The highest BCUT2D eigenvalue weighted by Crippen LogP contribution is 2.11. The average Bonchev–Trinajstić information content (AvgIpc) is 2.59. The number of nitrogens with one attached hydrogen (secondary N) is 1. The fourth-order valence-electron chi connectivity index (χ4n) is 2.27. The lowest BCUT2D eigenvalue weighted by Gasteiger charge is -2.14. The van der Waals surface area contributed by atoms with Gasteiger partial charge in [-0.3, -0.25) is 4.79 Å². The van der Waals surface area contributed by atoms with E-state index in [0.29, 0.717) is 11.3 Å². The van der Waals surface area contributed by atoms with Crippen molar-refractivity contribution in [2.75, 3.05) is 27.2 Å². The molecule has 0 aromatic heterocycles. The number of aliphatic hydroxyl groups excluding tert-OH is 1. The van der Waals surface area contributed by atoms with Crippen molar-refractivity contribution < 1.29 is 19.0 Å². The van der Waals surface area contributed by atoms with Gasteiger partial charge < -0.3 is 20.1 Å². The highest BCUT2D eigenvalue weighted by atomic mass is 19.1. The number of carbonyl (C=O) groups excluding carboxylic acids is 1. The van der Waals surface area contributed by atoms with E-state index in [-0.39, 0.29) is 24.9 Å². The van der Waals surface area contributed by atoms with Crippen LogP contribution in [0, 0.1) is 5.82 Å². The third kappa shape index (κ3) is 6.52. The van der Waals surface area contributed by atoms with E-state index < -0.39 is 6.10 Å². The number of hydrogen-bond donors (Lipinski definition) is 2. The Morgan fingerprint density at radius 2 is 1.96 bits per heavy atom. The minimum Gasteiger partial charge on any atom is -0.491 e. The number of nitrogens with zero attached hydrogens (tertiary/aromatic N) is 1. The monoisotopic (exact) mass is 346 g/mol. The summed E-state index contributed by atoms with van der Waals surface area (Å²) < 4.78 is 18.1. The summed E-state index contributed by atoms with van der Waals surface area (Å²) in [5.74, 6) is -0.138. The fourth-order valence-corrected chi connectivity index (χ4v) is 2.27. The van der Waals surface area contributed by atoms with Crippen LogP contribution in [0.15, 0.2) is 48.5 Å². The maximum atomic E-state index is 12.8. The van der Waals surface area contributed by atoms with Crippen molar-refractivity contribution in [3.05, 3.63) is 65.5 Å². The first-order valence-corrected chi connectivity index (χ1v) is 8.02. The van der Waals surface area contributed by atoms with Crippen molar-refractivity contribution in [2.45, 2.75) is 12.6 Å². The van der Waals surface area contributed by atoms with Crippen molar-refractivity contribution in [3.63, 3.8) is 0 Å². The van der Waals surface area contributed by atoms with E-state index in [4.69, 9.17) is 4.74 Å². The van der Waals surface area contributed by atoms with E-state index in [1.807, 2.05) is 37.2 Å². The van der Waals surface area contributed by atoms with Gasteiger partial charge in [0, 0.05) is 18.7 Å². The molecule has 1 amide bonds. The second-order valence-electron chi connectivity index (χ2n) is 6.07. The molecule has 2 aromatic carbocycles. The van der Waals surface area contributed by atoms with Gasteiger partial charge in [-0.25, -0.2) is 4.39 Å². The van der Waals surface area contributed by atoms with Crippen LogP contribution in [-0.2, 0) is 6.54 Å². The maximum absolute atomic E-state index is 12.8. The minimum atomic E-state index is -0.862. The highest BCUT2D eigenvalue weighted by molar-refractivity contribution is 5.94. The van der Waals surface area contributed by atoms with Gasteiger partial charge in [-0.05, 0) is 56.1 Å². The first kappa shape index (κ1) is 18.9. The quantitative estimate of drug-likeness (QED) is 0.768. The lowest BCUT2D eigenvalue weighted by atomic mass is 10.1. The third-order valence-electron chi connectivity index (χ3n) is 3.44. The highest BCUT2D eigenvalue weighted by Gasteiger charge is 2.10. The molecule has 0 heterocycles. The van der Waals surface area contributed by atoms with E-state index in [1.54, 1.807) is 6.07 Å². The van der Waals surface area contributed by atoms with E-state index in [1.165, 1.54) is 24.3 Å². The van der Waals surface area contributed by atoms with Crippen molar-refractivity contribution in [2.24, 2.45) is 0 Å². The van der Waals surface area contributed by atoms with E-state index >= 15 is 0 Å². The molecule has 1 unspecified atom stereocenters. The summed E-state index contributed by atoms with van der Waals surface area (Å²) in [6.45, 7) is 0.819. The lowest BCUT2D eigenvalue weighted by molar-refractivity contribution is 0.0843. The summed E-state index contributed by atoms with van der Waals surface area (Å²) in [5, 5.41) is 12.6. The Hall–Kier alpha value is -2.44. The SMILES string of the molecule is CN(C)Cc1cccc(C(=O)NCC(O)COc2ccc(F)cc2)c1. The second kappa shape index (κ2) is 9.15. The van der Waals surface area contributed by atoms with Gasteiger partial charge in [-0.1, -0.05) is 12.1 Å². The van der Waals surface area contributed by atoms with Crippen LogP contribution in [0.4, 0.5) is 4.39 Å². The van der Waals surface area contributed by atoms with Gasteiger partial charge in [0.1, 0.15) is 24.3 Å². The van der Waals surface area contributed by atoms with Crippen LogP contribution < -0.4 is 10.1 Å². The predicted molar refractivity (Wildman–Crippen MR) is 94.1 cm³/mol. The van der Waals surface area contributed by atoms with Crippen molar-refractivity contribution >= 4 is 5.91 Å². The molecule has 1 atom stereocenters. The zero-order valence-corrected chi connectivity index (χ0v) is 14.4. The third-order valence-corrected chi connectivity index (χ3v) is 3.44. The number of benzene rings is 2. The van der Waals surface area contributed by atoms with Gasteiger partial charge in [0.15, 0.2) is 0 Å². The zero-order valence-electron chi connectivity index (χ0n) is 14.4. The summed E-state index contributed by atoms with van der Waals surface area (Å²) in [5.41, 5.74) is 1.59. The summed E-state index contributed by atoms with van der Waals surface area (Å²) >= 11 is 0. The second-order valence-corrected chi connectivity index (χ2v) is 6.07. The number of carbonyl (C=O) groups is 1. The van der Waals surface area contributed by atoms with Crippen LogP contribution in [0.2, 0.25) is 0 Å². The van der Waals surface area contributed by atoms with Gasteiger partial charge in [-0.15, -0.1) is 0 Å². The molecule has 0 radical (unpaired) electrons. The van der Waals surface area contributed by atoms with Gasteiger partial charge in [-0.2, -0.15) is 0 Å². The Morgan fingerprint density at radius 3 is 2.64 bits per heavy atom. The van der Waals surface area contributed by atoms with Crippen LogP contribution in [0.1, 0.15) is 15.9 Å². The zero-order chi connectivity index (χ0) is 18.2. The smallest absolute Gasteiger partial charge is 0.251 e. The molecule has 0 saturated heterocycles. The van der Waals surface area contributed by atoms with Crippen LogP contribution in [0.25, 0.3) is 0 Å². The molecule has 0 fully saturated rings.